The molecule has 1 N–H and O–H groups in total. The zero-order valence-electron chi connectivity index (χ0n) is 11.2. The van der Waals surface area contributed by atoms with Crippen LogP contribution in [0.1, 0.15) is 38.8 Å². The molecule has 1 heterocycles. The summed E-state index contributed by atoms with van der Waals surface area (Å²) in [5, 5.41) is 3.56. The number of nitrogens with one attached hydrogen (secondary N) is 1. The zero-order chi connectivity index (χ0) is 12.5. The van der Waals surface area contributed by atoms with Gasteiger partial charge in [0.2, 0.25) is 0 Å². The second-order valence-electron chi connectivity index (χ2n) is 4.25. The lowest BCUT2D eigenvalue weighted by atomic mass is 10.1. The van der Waals surface area contributed by atoms with E-state index in [-0.39, 0.29) is 0 Å². The van der Waals surface area contributed by atoms with Gasteiger partial charge in [-0.2, -0.15) is 0 Å². The van der Waals surface area contributed by atoms with Crippen molar-refractivity contribution < 1.29 is 4.74 Å². The highest BCUT2D eigenvalue weighted by Gasteiger charge is 2.08. The Bertz CT molecular complexity index is 315. The van der Waals surface area contributed by atoms with E-state index in [4.69, 9.17) is 4.74 Å². The molecule has 3 heteroatoms. The van der Waals surface area contributed by atoms with Gasteiger partial charge < -0.3 is 10.1 Å². The quantitative estimate of drug-likeness (QED) is 0.753. The molecule has 1 rings (SSSR count). The Morgan fingerprint density at radius 3 is 2.88 bits per heavy atom. The number of ether oxygens (including phenoxy) is 1. The van der Waals surface area contributed by atoms with Gasteiger partial charge in [-0.15, -0.1) is 0 Å². The van der Waals surface area contributed by atoms with Crippen LogP contribution in [0.25, 0.3) is 0 Å². The van der Waals surface area contributed by atoms with E-state index in [1.54, 1.807) is 7.11 Å². The first kappa shape index (κ1) is 14.0. The first-order valence-electron chi connectivity index (χ1n) is 6.53. The van der Waals surface area contributed by atoms with Gasteiger partial charge in [0.05, 0.1) is 12.8 Å². The van der Waals surface area contributed by atoms with Crippen molar-refractivity contribution in [3.63, 3.8) is 0 Å². The zero-order valence-corrected chi connectivity index (χ0v) is 11.2. The van der Waals surface area contributed by atoms with Gasteiger partial charge in [0, 0.05) is 12.2 Å². The van der Waals surface area contributed by atoms with Crippen LogP contribution in [-0.4, -0.2) is 24.7 Å². The van der Waals surface area contributed by atoms with Gasteiger partial charge in [-0.25, -0.2) is 0 Å². The van der Waals surface area contributed by atoms with Crippen molar-refractivity contribution in [2.24, 2.45) is 0 Å². The van der Waals surface area contributed by atoms with Crippen LogP contribution in [0.5, 0.6) is 5.75 Å². The van der Waals surface area contributed by atoms with E-state index in [2.05, 4.69) is 24.1 Å². The average Bonchev–Trinajstić information content (AvgIpc) is 2.39. The summed E-state index contributed by atoms with van der Waals surface area (Å²) in [6.07, 6.45) is 6.26. The second-order valence-corrected chi connectivity index (χ2v) is 4.25. The van der Waals surface area contributed by atoms with Crippen molar-refractivity contribution in [1.29, 1.82) is 0 Å². The van der Waals surface area contributed by atoms with Gasteiger partial charge >= 0.3 is 0 Å². The number of nitrogens with zero attached hydrogens (tertiary/aromatic N) is 1. The molecule has 1 aromatic heterocycles. The molecule has 0 fully saturated rings. The van der Waals surface area contributed by atoms with Crippen LogP contribution in [0.4, 0.5) is 0 Å². The summed E-state index contributed by atoms with van der Waals surface area (Å²) in [6, 6.07) is 4.47. The number of aromatic nitrogens is 1. The van der Waals surface area contributed by atoms with Crippen molar-refractivity contribution in [3.05, 3.63) is 24.0 Å². The first-order valence-corrected chi connectivity index (χ1v) is 6.53. The maximum absolute atomic E-state index is 5.31. The van der Waals surface area contributed by atoms with Gasteiger partial charge in [-0.3, -0.25) is 4.98 Å². The minimum atomic E-state index is 0.585. The molecule has 96 valence electrons. The Kier molecular flexibility index (Phi) is 6.63. The third kappa shape index (κ3) is 4.73. The fourth-order valence-electron chi connectivity index (χ4n) is 1.91. The molecule has 0 aliphatic heterocycles. The molecule has 1 atom stereocenters. The number of hydrogen-bond acceptors (Lipinski definition) is 3. The predicted molar refractivity (Wildman–Crippen MR) is 71.5 cm³/mol. The standard InChI is InChI=1S/C14H24N2O/c1-4-10-15-12(5-2)8-9-13-14(17-3)7-6-11-16-13/h6-7,11-12,15H,4-5,8-10H2,1-3H3. The fraction of sp³-hybridized carbons (Fsp3) is 0.643. The monoisotopic (exact) mass is 236 g/mol. The first-order chi connectivity index (χ1) is 8.31. The molecular formula is C14H24N2O. The van der Waals surface area contributed by atoms with Gasteiger partial charge in [0.15, 0.2) is 0 Å². The van der Waals surface area contributed by atoms with Crippen molar-refractivity contribution in [2.45, 2.75) is 45.6 Å². The summed E-state index contributed by atoms with van der Waals surface area (Å²) in [5.74, 6) is 0.901. The molecule has 0 aliphatic rings. The van der Waals surface area contributed by atoms with Crippen LogP contribution in [0.3, 0.4) is 0 Å². The lowest BCUT2D eigenvalue weighted by molar-refractivity contribution is 0.401. The summed E-state index contributed by atoms with van der Waals surface area (Å²) < 4.78 is 5.31. The highest BCUT2D eigenvalue weighted by molar-refractivity contribution is 5.26. The Balaban J connectivity index is 2.47. The van der Waals surface area contributed by atoms with Crippen molar-refractivity contribution >= 4 is 0 Å². The summed E-state index contributed by atoms with van der Waals surface area (Å²) in [6.45, 7) is 5.52. The number of hydrogen-bond donors (Lipinski definition) is 1. The van der Waals surface area contributed by atoms with Gasteiger partial charge in [0.25, 0.3) is 0 Å². The van der Waals surface area contributed by atoms with Crippen LogP contribution < -0.4 is 10.1 Å². The third-order valence-electron chi connectivity index (χ3n) is 2.97. The molecule has 0 saturated carbocycles. The second kappa shape index (κ2) is 8.07. The summed E-state index contributed by atoms with van der Waals surface area (Å²) in [5.41, 5.74) is 1.06. The predicted octanol–water partition coefficient (Wildman–Crippen LogP) is 2.80. The molecule has 1 unspecified atom stereocenters. The highest BCUT2D eigenvalue weighted by Crippen LogP contribution is 2.17. The lowest BCUT2D eigenvalue weighted by Gasteiger charge is -2.16. The molecule has 3 nitrogen and oxygen atoms in total. The van der Waals surface area contributed by atoms with E-state index in [0.717, 1.165) is 37.3 Å². The van der Waals surface area contributed by atoms with Gasteiger partial charge in [0.1, 0.15) is 5.75 Å². The van der Waals surface area contributed by atoms with E-state index in [1.165, 1.54) is 6.42 Å². The van der Waals surface area contributed by atoms with Crippen LogP contribution in [0.2, 0.25) is 0 Å². The van der Waals surface area contributed by atoms with Crippen LogP contribution in [0.15, 0.2) is 18.3 Å². The van der Waals surface area contributed by atoms with E-state index in [9.17, 15) is 0 Å². The fourth-order valence-corrected chi connectivity index (χ4v) is 1.91. The van der Waals surface area contributed by atoms with Gasteiger partial charge in [-0.1, -0.05) is 13.8 Å². The smallest absolute Gasteiger partial charge is 0.140 e. The molecule has 0 spiro atoms. The number of pyridine rings is 1. The van der Waals surface area contributed by atoms with Crippen LogP contribution in [0, 0.1) is 0 Å². The van der Waals surface area contributed by atoms with Crippen molar-refractivity contribution in [2.75, 3.05) is 13.7 Å². The largest absolute Gasteiger partial charge is 0.495 e. The van der Waals surface area contributed by atoms with E-state index in [1.807, 2.05) is 18.3 Å². The number of rotatable bonds is 8. The van der Waals surface area contributed by atoms with E-state index < -0.39 is 0 Å². The SMILES string of the molecule is CCCNC(CC)CCc1ncccc1OC. The van der Waals surface area contributed by atoms with Crippen molar-refractivity contribution in [1.82, 2.24) is 10.3 Å². The molecule has 0 aromatic carbocycles. The Morgan fingerprint density at radius 1 is 1.41 bits per heavy atom. The normalized spacial score (nSPS) is 12.4. The molecule has 1 aromatic rings. The molecular weight excluding hydrogens is 212 g/mol. The molecule has 0 bridgehead atoms. The minimum absolute atomic E-state index is 0.585. The molecule has 0 amide bonds. The summed E-state index contributed by atoms with van der Waals surface area (Å²) >= 11 is 0. The number of aryl methyl sites for hydroxylation is 1. The van der Waals surface area contributed by atoms with E-state index in [0.29, 0.717) is 6.04 Å². The van der Waals surface area contributed by atoms with Crippen LogP contribution >= 0.6 is 0 Å². The van der Waals surface area contributed by atoms with Crippen LogP contribution in [-0.2, 0) is 6.42 Å². The molecule has 0 radical (unpaired) electrons. The van der Waals surface area contributed by atoms with Gasteiger partial charge in [-0.05, 0) is 44.4 Å². The molecule has 17 heavy (non-hydrogen) atoms. The minimum Gasteiger partial charge on any atom is -0.495 e. The molecule has 0 saturated heterocycles. The maximum Gasteiger partial charge on any atom is 0.140 e. The van der Waals surface area contributed by atoms with E-state index >= 15 is 0 Å². The maximum atomic E-state index is 5.31. The van der Waals surface area contributed by atoms with Crippen molar-refractivity contribution in [3.8, 4) is 5.75 Å². The average molecular weight is 236 g/mol. The Labute approximate surface area is 105 Å². The third-order valence-corrected chi connectivity index (χ3v) is 2.97. The topological polar surface area (TPSA) is 34.2 Å². The Hall–Kier alpha value is -1.09. The molecule has 0 aliphatic carbocycles. The summed E-state index contributed by atoms with van der Waals surface area (Å²) in [4.78, 5) is 4.38. The lowest BCUT2D eigenvalue weighted by Crippen LogP contribution is -2.29. The number of methoxy groups -OCH3 is 1. The Morgan fingerprint density at radius 2 is 2.24 bits per heavy atom. The highest BCUT2D eigenvalue weighted by atomic mass is 16.5. The summed E-state index contributed by atoms with van der Waals surface area (Å²) in [7, 11) is 1.70.